The quantitative estimate of drug-likeness (QED) is 0.0792. The normalized spacial score (nSPS) is 11.4. The fourth-order valence-corrected chi connectivity index (χ4v) is 19.8. The molecule has 0 saturated carbocycles. The summed E-state index contributed by atoms with van der Waals surface area (Å²) < 4.78 is 0. The van der Waals surface area contributed by atoms with Gasteiger partial charge in [-0.15, -0.1) is 0 Å². The van der Waals surface area contributed by atoms with Crippen LogP contribution in [0.3, 0.4) is 0 Å². The van der Waals surface area contributed by atoms with Crippen LogP contribution in [0.25, 0.3) is 97.0 Å². The molecule has 0 spiro atoms. The Morgan fingerprint density at radius 2 is 0.265 bits per heavy atom. The molecule has 0 aliphatic carbocycles. The second-order valence-electron chi connectivity index (χ2n) is 34.8. The molecule has 630 valence electrons. The highest BCUT2D eigenvalue weighted by Crippen LogP contribution is 2.53. The summed E-state index contributed by atoms with van der Waals surface area (Å²) in [4.78, 5) is 14.3. The van der Waals surface area contributed by atoms with E-state index in [0.717, 1.165) is 68.2 Å². The van der Waals surface area contributed by atoms with Gasteiger partial charge < -0.3 is 29.4 Å². The van der Waals surface area contributed by atoms with E-state index in [2.05, 4.69) is 544 Å². The smallest absolute Gasteiger partial charge is 0.0540 e. The van der Waals surface area contributed by atoms with E-state index in [1.807, 2.05) is 0 Å². The lowest BCUT2D eigenvalue weighted by atomic mass is 9.91. The van der Waals surface area contributed by atoms with Crippen LogP contribution in [0, 0.1) is 41.5 Å². The Morgan fingerprint density at radius 3 is 0.439 bits per heavy atom. The lowest BCUT2D eigenvalue weighted by molar-refractivity contribution is 1.28. The van der Waals surface area contributed by atoms with Gasteiger partial charge in [-0.1, -0.05) is 313 Å². The molecule has 0 radical (unpaired) electrons. The minimum absolute atomic E-state index is 1.14. The van der Waals surface area contributed by atoms with Gasteiger partial charge in [0.15, 0.2) is 0 Å². The maximum absolute atomic E-state index is 2.40. The highest BCUT2D eigenvalue weighted by molar-refractivity contribution is 6.31. The van der Waals surface area contributed by atoms with Gasteiger partial charge in [-0.2, -0.15) is 0 Å². The Morgan fingerprint density at radius 1 is 0.114 bits per heavy atom. The van der Waals surface area contributed by atoms with Crippen molar-refractivity contribution in [3.05, 3.63) is 507 Å². The number of anilines is 18. The Hall–Kier alpha value is -16.8. The van der Waals surface area contributed by atoms with Crippen LogP contribution in [0.1, 0.15) is 33.4 Å². The Kier molecular flexibility index (Phi) is 21.3. The van der Waals surface area contributed by atoms with E-state index in [-0.39, 0.29) is 0 Å². The zero-order chi connectivity index (χ0) is 88.9. The van der Waals surface area contributed by atoms with Gasteiger partial charge in [-0.3, -0.25) is 0 Å². The van der Waals surface area contributed by atoms with Crippen molar-refractivity contribution >= 4 is 199 Å². The summed E-state index contributed by atoms with van der Waals surface area (Å²) in [6.07, 6.45) is 0. The van der Waals surface area contributed by atoms with Crippen molar-refractivity contribution in [1.29, 1.82) is 0 Å². The molecule has 0 aliphatic rings. The predicted molar refractivity (Wildman–Crippen MR) is 567 cm³/mol. The van der Waals surface area contributed by atoms with Crippen LogP contribution >= 0.6 is 0 Å². The summed E-state index contributed by atoms with van der Waals surface area (Å²) in [7, 11) is 0. The first kappa shape index (κ1) is 81.0. The molecule has 0 saturated heterocycles. The average Bonchev–Trinajstić information content (AvgIpc) is 0.730. The van der Waals surface area contributed by atoms with E-state index in [0.29, 0.717) is 0 Å². The summed E-state index contributed by atoms with van der Waals surface area (Å²) >= 11 is 0. The van der Waals surface area contributed by atoms with E-state index in [9.17, 15) is 0 Å². The number of rotatable bonds is 18. The van der Waals surface area contributed by atoms with E-state index >= 15 is 0 Å². The monoisotopic (exact) mass is 1690 g/mol. The maximum Gasteiger partial charge on any atom is 0.0540 e. The van der Waals surface area contributed by atoms with Crippen molar-refractivity contribution in [2.45, 2.75) is 41.5 Å². The fraction of sp³-hybridized carbons (Fsp3) is 0.0476. The SMILES string of the molecule is Cc1ccc(N(c2ccc(C)cc2)c2ccc3ccc4c(N(c5ccc(C)cc5)c5ccc(C)cc5)ccc5ccc2c3c54)cc1.Cc1cccc(N(c2ccccc2)c2ccc3ccc4c(N(c5ccccc5)c5cccc(C)c5)ccc5ccc2c3c54)c1.c1ccc(N(c2ccccc2)c2ccc3ccc4c(N(c5ccccc5)c5ccccc5)ccc5ccc2c3c54)cc1. The highest BCUT2D eigenvalue weighted by atomic mass is 15.2. The van der Waals surface area contributed by atoms with Crippen molar-refractivity contribution in [3.63, 3.8) is 0 Å². The molecule has 0 aromatic heterocycles. The van der Waals surface area contributed by atoms with Crippen molar-refractivity contribution in [2.75, 3.05) is 29.4 Å². The van der Waals surface area contributed by atoms with Crippen LogP contribution in [-0.4, -0.2) is 0 Å². The van der Waals surface area contributed by atoms with Crippen LogP contribution < -0.4 is 29.4 Å². The summed E-state index contributed by atoms with van der Waals surface area (Å²) in [5.41, 5.74) is 28.3. The van der Waals surface area contributed by atoms with Gasteiger partial charge in [-0.25, -0.2) is 0 Å². The van der Waals surface area contributed by atoms with Gasteiger partial charge in [-0.05, 0) is 299 Å². The van der Waals surface area contributed by atoms with Crippen LogP contribution in [0.15, 0.2) is 473 Å². The fourth-order valence-electron chi connectivity index (χ4n) is 19.8. The van der Waals surface area contributed by atoms with E-state index < -0.39 is 0 Å². The topological polar surface area (TPSA) is 19.4 Å². The van der Waals surface area contributed by atoms with Crippen molar-refractivity contribution < 1.29 is 0 Å². The molecule has 0 N–H and O–H groups in total. The lowest BCUT2D eigenvalue weighted by Gasteiger charge is -2.29. The zero-order valence-electron chi connectivity index (χ0n) is 74.7. The predicted octanol–water partition coefficient (Wildman–Crippen LogP) is 36.4. The molecule has 24 aromatic carbocycles. The van der Waals surface area contributed by atoms with Crippen molar-refractivity contribution in [1.82, 2.24) is 0 Å². The molecule has 0 fully saturated rings. The molecule has 0 amide bonds. The standard InChI is InChI=1S/C44H36N2.C42H32N2.C40H28N2/c1-29-5-17-35(18-6-29)45(36-19-7-30(2)8-20-36)41-27-15-33-14-26-40-42(28-16-34-13-25-39(41)43(33)44(34)40)46(37-21-9-31(3)10-22-37)38-23-11-32(4)12-24-38;1-29-11-9-17-35(27-29)43(33-13-5-3-6-14-33)39-25-21-31-20-24-38-40(26-22-32-19-23-37(39)41(31)42(32)38)44(34-15-7-4-8-16-34)36-18-10-12-30(2)28-36;1-5-13-31(14-6-1)41(32-15-7-2-8-16-32)37-27-23-29-22-26-36-38(28-24-30-21-25-35(37)39(29)40(30)36)42(33-17-9-3-10-18-33)34-19-11-4-12-20-34/h5-28H,1-4H3;3-28H,1-2H3;1-28H. The third-order valence-electron chi connectivity index (χ3n) is 26.1. The molecule has 6 heteroatoms. The number of nitrogens with zero attached hydrogens (tertiary/aromatic N) is 6. The Balaban J connectivity index is 0.000000116. The number of hydrogen-bond acceptors (Lipinski definition) is 6. The third kappa shape index (κ3) is 15.1. The summed E-state index contributed by atoms with van der Waals surface area (Å²) in [6.45, 7) is 12.9. The molecule has 24 aromatic rings. The zero-order valence-corrected chi connectivity index (χ0v) is 74.7. The van der Waals surface area contributed by atoms with Crippen LogP contribution in [-0.2, 0) is 0 Å². The Bertz CT molecular complexity index is 7580. The minimum Gasteiger partial charge on any atom is -0.310 e. The van der Waals surface area contributed by atoms with Gasteiger partial charge >= 0.3 is 0 Å². The van der Waals surface area contributed by atoms with Gasteiger partial charge in [0.25, 0.3) is 0 Å². The van der Waals surface area contributed by atoms with Crippen LogP contribution in [0.5, 0.6) is 0 Å². The van der Waals surface area contributed by atoms with E-state index in [1.165, 1.54) is 164 Å². The second-order valence-corrected chi connectivity index (χ2v) is 34.8. The molecule has 132 heavy (non-hydrogen) atoms. The largest absolute Gasteiger partial charge is 0.310 e. The molecule has 0 heterocycles. The van der Waals surface area contributed by atoms with Crippen molar-refractivity contribution in [2.24, 2.45) is 0 Å². The summed E-state index contributed by atoms with van der Waals surface area (Å²) in [6, 6.07) is 172. The molecular formula is C126H96N6. The molecule has 24 rings (SSSR count). The molecule has 0 bridgehead atoms. The summed E-state index contributed by atoms with van der Waals surface area (Å²) in [5.74, 6) is 0. The van der Waals surface area contributed by atoms with Gasteiger partial charge in [0.2, 0.25) is 0 Å². The van der Waals surface area contributed by atoms with Gasteiger partial charge in [0.1, 0.15) is 0 Å². The lowest BCUT2D eigenvalue weighted by Crippen LogP contribution is -2.11. The van der Waals surface area contributed by atoms with Gasteiger partial charge in [0, 0.05) is 101 Å². The first-order valence-corrected chi connectivity index (χ1v) is 45.6. The van der Waals surface area contributed by atoms with Crippen molar-refractivity contribution in [3.8, 4) is 0 Å². The number of aryl methyl sites for hydroxylation is 6. The molecular weight excluding hydrogens is 1600 g/mol. The Labute approximate surface area is 771 Å². The second kappa shape index (κ2) is 34.8. The maximum atomic E-state index is 2.40. The number of para-hydroxylation sites is 6. The minimum atomic E-state index is 1.14. The summed E-state index contributed by atoms with van der Waals surface area (Å²) in [5, 5.41) is 22.7. The van der Waals surface area contributed by atoms with E-state index in [1.54, 1.807) is 0 Å². The van der Waals surface area contributed by atoms with Crippen LogP contribution in [0.2, 0.25) is 0 Å². The first-order valence-electron chi connectivity index (χ1n) is 45.6. The average molecular weight is 1690 g/mol. The highest BCUT2D eigenvalue weighted by Gasteiger charge is 2.28. The van der Waals surface area contributed by atoms with Gasteiger partial charge in [0.05, 0.1) is 34.1 Å². The molecule has 0 atom stereocenters. The van der Waals surface area contributed by atoms with Crippen LogP contribution in [0.4, 0.5) is 102 Å². The molecule has 6 nitrogen and oxygen atoms in total. The number of hydrogen-bond donors (Lipinski definition) is 0. The number of benzene rings is 24. The van der Waals surface area contributed by atoms with E-state index in [4.69, 9.17) is 0 Å². The molecule has 0 unspecified atom stereocenters. The first-order chi connectivity index (χ1) is 65.0. The third-order valence-corrected chi connectivity index (χ3v) is 26.1. The molecule has 0 aliphatic heterocycles.